The van der Waals surface area contributed by atoms with Gasteiger partial charge in [0.1, 0.15) is 0 Å². The Labute approximate surface area is 140 Å². The van der Waals surface area contributed by atoms with Crippen LogP contribution in [0.25, 0.3) is 0 Å². The maximum atomic E-state index is 11.1. The molecule has 0 bridgehead atoms. The highest BCUT2D eigenvalue weighted by molar-refractivity contribution is 5.13. The Morgan fingerprint density at radius 1 is 1.22 bits per heavy atom. The molecular formula is C20H32O3. The van der Waals surface area contributed by atoms with E-state index in [1.165, 1.54) is 5.56 Å². The summed E-state index contributed by atoms with van der Waals surface area (Å²) in [6, 6.07) is 2.05. The molecule has 3 rings (SSSR count). The molecule has 130 valence electrons. The standard InChI is InChI=1S/C20H32O3/c1-14-7-11-19(3)16(5-6-17(21)20(19,4)22)18(14,2)10-8-15-9-12-23-13-15/h9,12-14,16-17,21-22H,5-8,10-11H2,1-4H3/t14-,16-,17-,18+,19-,20+/m1/s1. The maximum absolute atomic E-state index is 11.1. The van der Waals surface area contributed by atoms with Gasteiger partial charge in [-0.05, 0) is 74.3 Å². The van der Waals surface area contributed by atoms with Crippen molar-refractivity contribution < 1.29 is 14.6 Å². The molecule has 0 amide bonds. The van der Waals surface area contributed by atoms with Gasteiger partial charge in [-0.15, -0.1) is 0 Å². The highest BCUT2D eigenvalue weighted by Crippen LogP contribution is 2.64. The van der Waals surface area contributed by atoms with Crippen LogP contribution in [0.1, 0.15) is 65.4 Å². The van der Waals surface area contributed by atoms with Crippen LogP contribution in [0.5, 0.6) is 0 Å². The van der Waals surface area contributed by atoms with E-state index in [1.807, 2.05) is 13.2 Å². The third-order valence-corrected chi connectivity index (χ3v) is 7.85. The van der Waals surface area contributed by atoms with Crippen molar-refractivity contribution in [3.63, 3.8) is 0 Å². The van der Waals surface area contributed by atoms with Gasteiger partial charge in [-0.25, -0.2) is 0 Å². The first kappa shape index (κ1) is 17.0. The average Bonchev–Trinajstić information content (AvgIpc) is 3.01. The van der Waals surface area contributed by atoms with Gasteiger partial charge in [-0.2, -0.15) is 0 Å². The lowest BCUT2D eigenvalue weighted by Gasteiger charge is -2.64. The monoisotopic (exact) mass is 320 g/mol. The van der Waals surface area contributed by atoms with Crippen LogP contribution in [-0.2, 0) is 6.42 Å². The molecule has 3 heteroatoms. The van der Waals surface area contributed by atoms with Crippen molar-refractivity contribution in [3.8, 4) is 0 Å². The quantitative estimate of drug-likeness (QED) is 0.878. The van der Waals surface area contributed by atoms with Gasteiger partial charge in [0, 0.05) is 5.41 Å². The molecule has 0 unspecified atom stereocenters. The second-order valence-corrected chi connectivity index (χ2v) is 8.79. The van der Waals surface area contributed by atoms with Gasteiger partial charge in [0.05, 0.1) is 24.2 Å². The summed E-state index contributed by atoms with van der Waals surface area (Å²) in [5.41, 5.74) is 0.247. The lowest BCUT2D eigenvalue weighted by Crippen LogP contribution is -2.65. The third-order valence-electron chi connectivity index (χ3n) is 7.85. The lowest BCUT2D eigenvalue weighted by molar-refractivity contribution is -0.235. The number of rotatable bonds is 3. The number of aliphatic hydroxyl groups excluding tert-OH is 1. The van der Waals surface area contributed by atoms with Crippen LogP contribution in [0.15, 0.2) is 23.0 Å². The minimum absolute atomic E-state index is 0.189. The summed E-state index contributed by atoms with van der Waals surface area (Å²) in [7, 11) is 0. The van der Waals surface area contributed by atoms with Crippen LogP contribution >= 0.6 is 0 Å². The Hall–Kier alpha value is -0.800. The van der Waals surface area contributed by atoms with Crippen molar-refractivity contribution in [1.82, 2.24) is 0 Å². The first-order valence-electron chi connectivity index (χ1n) is 9.13. The Bertz CT molecular complexity index is 535. The molecule has 2 aliphatic carbocycles. The van der Waals surface area contributed by atoms with Crippen molar-refractivity contribution in [2.45, 2.75) is 77.9 Å². The number of furan rings is 1. The van der Waals surface area contributed by atoms with Gasteiger partial charge >= 0.3 is 0 Å². The van der Waals surface area contributed by atoms with E-state index in [0.717, 1.165) is 32.1 Å². The van der Waals surface area contributed by atoms with Gasteiger partial charge < -0.3 is 14.6 Å². The van der Waals surface area contributed by atoms with Gasteiger partial charge in [-0.3, -0.25) is 0 Å². The summed E-state index contributed by atoms with van der Waals surface area (Å²) in [5, 5.41) is 21.5. The summed E-state index contributed by atoms with van der Waals surface area (Å²) < 4.78 is 5.21. The lowest BCUT2D eigenvalue weighted by atomic mass is 9.43. The Balaban J connectivity index is 1.89. The number of fused-ring (bicyclic) bond motifs is 1. The Kier molecular flexibility index (Phi) is 4.17. The van der Waals surface area contributed by atoms with Crippen molar-refractivity contribution >= 4 is 0 Å². The molecule has 2 fully saturated rings. The molecule has 1 aromatic rings. The van der Waals surface area contributed by atoms with Crippen LogP contribution in [0.2, 0.25) is 0 Å². The highest BCUT2D eigenvalue weighted by atomic mass is 16.3. The summed E-state index contributed by atoms with van der Waals surface area (Å²) in [4.78, 5) is 0. The van der Waals surface area contributed by atoms with E-state index in [0.29, 0.717) is 18.3 Å². The molecule has 0 aliphatic heterocycles. The van der Waals surface area contributed by atoms with Crippen molar-refractivity contribution in [1.29, 1.82) is 0 Å². The fourth-order valence-electron chi connectivity index (χ4n) is 5.60. The van der Waals surface area contributed by atoms with Gasteiger partial charge in [0.15, 0.2) is 0 Å². The number of aryl methyl sites for hydroxylation is 1. The minimum atomic E-state index is -0.993. The van der Waals surface area contributed by atoms with Crippen LogP contribution in [0.4, 0.5) is 0 Å². The van der Waals surface area contributed by atoms with Gasteiger partial charge in [-0.1, -0.05) is 20.8 Å². The molecule has 1 heterocycles. The Morgan fingerprint density at radius 3 is 2.61 bits per heavy atom. The van der Waals surface area contributed by atoms with E-state index in [2.05, 4.69) is 26.8 Å². The summed E-state index contributed by atoms with van der Waals surface area (Å²) in [5.74, 6) is 1.09. The zero-order chi connectivity index (χ0) is 16.9. The highest BCUT2D eigenvalue weighted by Gasteiger charge is 2.62. The van der Waals surface area contributed by atoms with Crippen LogP contribution in [0.3, 0.4) is 0 Å². The number of hydrogen-bond acceptors (Lipinski definition) is 3. The van der Waals surface area contributed by atoms with Crippen LogP contribution in [0, 0.1) is 22.7 Å². The topological polar surface area (TPSA) is 53.6 Å². The summed E-state index contributed by atoms with van der Waals surface area (Å²) >= 11 is 0. The molecule has 3 nitrogen and oxygen atoms in total. The zero-order valence-corrected chi connectivity index (χ0v) is 15.0. The Morgan fingerprint density at radius 2 is 1.96 bits per heavy atom. The van der Waals surface area contributed by atoms with Crippen molar-refractivity contribution in [3.05, 3.63) is 24.2 Å². The van der Waals surface area contributed by atoms with Crippen LogP contribution < -0.4 is 0 Å². The van der Waals surface area contributed by atoms with E-state index < -0.39 is 11.7 Å². The fraction of sp³-hybridized carbons (Fsp3) is 0.800. The van der Waals surface area contributed by atoms with Gasteiger partial charge in [0.2, 0.25) is 0 Å². The minimum Gasteiger partial charge on any atom is -0.472 e. The molecule has 2 N–H and O–H groups in total. The second-order valence-electron chi connectivity index (χ2n) is 8.79. The molecule has 0 aromatic carbocycles. The second kappa shape index (κ2) is 5.63. The van der Waals surface area contributed by atoms with E-state index in [4.69, 9.17) is 4.42 Å². The van der Waals surface area contributed by atoms with E-state index in [9.17, 15) is 10.2 Å². The molecule has 0 spiro atoms. The molecule has 6 atom stereocenters. The zero-order valence-electron chi connectivity index (χ0n) is 15.0. The average molecular weight is 320 g/mol. The summed E-state index contributed by atoms with van der Waals surface area (Å²) in [6.45, 7) is 8.85. The fourth-order valence-corrected chi connectivity index (χ4v) is 5.60. The summed E-state index contributed by atoms with van der Waals surface area (Å²) in [6.07, 6.45) is 8.97. The van der Waals surface area contributed by atoms with Crippen molar-refractivity contribution in [2.24, 2.45) is 22.7 Å². The predicted molar refractivity (Wildman–Crippen MR) is 91.0 cm³/mol. The molecular weight excluding hydrogens is 288 g/mol. The van der Waals surface area contributed by atoms with E-state index in [1.54, 1.807) is 6.26 Å². The first-order valence-corrected chi connectivity index (χ1v) is 9.13. The molecule has 0 saturated heterocycles. The van der Waals surface area contributed by atoms with Crippen LogP contribution in [-0.4, -0.2) is 21.9 Å². The van der Waals surface area contributed by atoms with E-state index in [-0.39, 0.29) is 10.8 Å². The molecule has 23 heavy (non-hydrogen) atoms. The molecule has 0 radical (unpaired) electrons. The maximum Gasteiger partial charge on any atom is 0.0934 e. The predicted octanol–water partition coefficient (Wildman–Crippen LogP) is 4.18. The van der Waals surface area contributed by atoms with Gasteiger partial charge in [0.25, 0.3) is 0 Å². The number of hydrogen-bond donors (Lipinski definition) is 2. The molecule has 1 aromatic heterocycles. The SMILES string of the molecule is C[C@@H]1CC[C@]2(C)[C@H](CC[C@@H](O)[C@]2(C)O)[C@@]1(C)CCc1ccoc1. The largest absolute Gasteiger partial charge is 0.472 e. The first-order chi connectivity index (χ1) is 10.7. The smallest absolute Gasteiger partial charge is 0.0934 e. The molecule has 2 saturated carbocycles. The molecule has 2 aliphatic rings. The van der Waals surface area contributed by atoms with Crippen molar-refractivity contribution in [2.75, 3.05) is 0 Å². The number of aliphatic hydroxyl groups is 2. The van der Waals surface area contributed by atoms with E-state index >= 15 is 0 Å². The third kappa shape index (κ3) is 2.47. The normalized spacial score (nSPS) is 47.3.